The molecule has 0 aliphatic rings. The third-order valence-electron chi connectivity index (χ3n) is 9.07. The van der Waals surface area contributed by atoms with Gasteiger partial charge in [0.15, 0.2) is 17.5 Å². The third kappa shape index (κ3) is 5.84. The Morgan fingerprint density at radius 1 is 0.500 bits per heavy atom. The number of rotatable bonds is 5. The van der Waals surface area contributed by atoms with Crippen LogP contribution in [0.15, 0.2) is 121 Å². The van der Waals surface area contributed by atoms with Crippen molar-refractivity contribution >= 4 is 27.9 Å². The van der Waals surface area contributed by atoms with Gasteiger partial charge in [0.1, 0.15) is 0 Å². The molecule has 7 rings (SSSR count). The van der Waals surface area contributed by atoms with Crippen LogP contribution in [0.4, 0.5) is 0 Å². The molecular formula is C44H42N4. The molecule has 2 aromatic heterocycles. The molecule has 0 spiro atoms. The number of allylic oxidation sites excluding steroid dienone is 1. The van der Waals surface area contributed by atoms with Crippen LogP contribution in [0.1, 0.15) is 65.2 Å². The molecule has 5 aromatic carbocycles. The normalized spacial score (nSPS) is 12.4. The van der Waals surface area contributed by atoms with E-state index in [0.29, 0.717) is 17.5 Å². The van der Waals surface area contributed by atoms with Gasteiger partial charge >= 0.3 is 0 Å². The van der Waals surface area contributed by atoms with E-state index >= 15 is 0 Å². The van der Waals surface area contributed by atoms with Crippen molar-refractivity contribution in [2.24, 2.45) is 0 Å². The van der Waals surface area contributed by atoms with E-state index in [1.807, 2.05) is 60.7 Å². The Morgan fingerprint density at radius 3 is 1.40 bits per heavy atom. The van der Waals surface area contributed by atoms with Crippen LogP contribution in [-0.4, -0.2) is 19.5 Å². The van der Waals surface area contributed by atoms with Crippen LogP contribution in [0.3, 0.4) is 0 Å². The number of hydrogen-bond donors (Lipinski definition) is 0. The summed E-state index contributed by atoms with van der Waals surface area (Å²) < 4.78 is 2.42. The highest BCUT2D eigenvalue weighted by Crippen LogP contribution is 2.39. The summed E-state index contributed by atoms with van der Waals surface area (Å²) in [4.78, 5) is 14.9. The van der Waals surface area contributed by atoms with E-state index in [4.69, 9.17) is 15.0 Å². The fourth-order valence-corrected chi connectivity index (χ4v) is 6.36. The lowest BCUT2D eigenvalue weighted by Gasteiger charge is -2.19. The molecular weight excluding hydrogens is 585 g/mol. The second kappa shape index (κ2) is 12.0. The summed E-state index contributed by atoms with van der Waals surface area (Å²) >= 11 is 0. The Morgan fingerprint density at radius 2 is 0.958 bits per heavy atom. The van der Waals surface area contributed by atoms with Crippen molar-refractivity contribution in [2.45, 2.75) is 59.3 Å². The van der Waals surface area contributed by atoms with Crippen LogP contribution in [0.2, 0.25) is 0 Å². The Kier molecular flexibility index (Phi) is 7.83. The summed E-state index contributed by atoms with van der Waals surface area (Å²) in [5.41, 5.74) is 10.2. The van der Waals surface area contributed by atoms with Gasteiger partial charge in [0.2, 0.25) is 0 Å². The molecule has 2 heterocycles. The SMILES string of the molecule is C/C=C/c1cc(-c2nc(-c3ccccc3)nc(-c3ccccc3)n2)ccc1-n1c2ccc(C(C)(C)C)cc2c2cc(C(C)(C)C)ccc21. The van der Waals surface area contributed by atoms with E-state index in [0.717, 1.165) is 27.9 Å². The molecule has 0 radical (unpaired) electrons. The summed E-state index contributed by atoms with van der Waals surface area (Å²) in [6.45, 7) is 15.8. The number of aromatic nitrogens is 4. The van der Waals surface area contributed by atoms with Gasteiger partial charge < -0.3 is 4.57 Å². The third-order valence-corrected chi connectivity index (χ3v) is 9.07. The van der Waals surface area contributed by atoms with Gasteiger partial charge in [-0.15, -0.1) is 0 Å². The first-order valence-corrected chi connectivity index (χ1v) is 16.7. The maximum atomic E-state index is 5.01. The minimum atomic E-state index is 0.0454. The molecule has 0 fully saturated rings. The molecule has 0 bridgehead atoms. The Hall–Kier alpha value is -5.35. The average molecular weight is 627 g/mol. The topological polar surface area (TPSA) is 43.6 Å². The first kappa shape index (κ1) is 31.3. The van der Waals surface area contributed by atoms with Crippen LogP contribution >= 0.6 is 0 Å². The fourth-order valence-electron chi connectivity index (χ4n) is 6.36. The summed E-state index contributed by atoms with van der Waals surface area (Å²) in [5.74, 6) is 1.96. The van der Waals surface area contributed by atoms with Crippen LogP contribution in [0.25, 0.3) is 67.7 Å². The van der Waals surface area contributed by atoms with E-state index in [2.05, 4.69) is 120 Å². The quantitative estimate of drug-likeness (QED) is 0.191. The fraction of sp³-hybridized carbons (Fsp3) is 0.205. The highest BCUT2D eigenvalue weighted by molar-refractivity contribution is 6.10. The predicted octanol–water partition coefficient (Wildman–Crippen LogP) is 11.6. The second-order valence-corrected chi connectivity index (χ2v) is 14.6. The number of nitrogens with zero attached hydrogens (tertiary/aromatic N) is 4. The maximum Gasteiger partial charge on any atom is 0.164 e. The van der Waals surface area contributed by atoms with Crippen LogP contribution < -0.4 is 0 Å². The Labute approximate surface area is 283 Å². The first-order chi connectivity index (χ1) is 23.0. The predicted molar refractivity (Wildman–Crippen MR) is 203 cm³/mol. The number of benzene rings is 5. The molecule has 0 N–H and O–H groups in total. The monoisotopic (exact) mass is 626 g/mol. The Bertz CT molecular complexity index is 2170. The molecule has 0 saturated heterocycles. The van der Waals surface area contributed by atoms with E-state index in [1.54, 1.807) is 0 Å². The van der Waals surface area contributed by atoms with E-state index < -0.39 is 0 Å². The van der Waals surface area contributed by atoms with Crippen LogP contribution in [0.5, 0.6) is 0 Å². The van der Waals surface area contributed by atoms with Crippen molar-refractivity contribution in [3.05, 3.63) is 138 Å². The van der Waals surface area contributed by atoms with Crippen molar-refractivity contribution in [3.8, 4) is 39.9 Å². The van der Waals surface area contributed by atoms with Crippen molar-refractivity contribution < 1.29 is 0 Å². The van der Waals surface area contributed by atoms with Gasteiger partial charge in [-0.3, -0.25) is 0 Å². The lowest BCUT2D eigenvalue weighted by atomic mass is 9.85. The summed E-state index contributed by atoms with van der Waals surface area (Å²) in [6.07, 6.45) is 4.28. The molecule has 0 amide bonds. The van der Waals surface area contributed by atoms with Crippen LogP contribution in [-0.2, 0) is 10.8 Å². The zero-order valence-electron chi connectivity index (χ0n) is 28.9. The minimum absolute atomic E-state index is 0.0454. The largest absolute Gasteiger partial charge is 0.309 e. The van der Waals surface area contributed by atoms with Gasteiger partial charge in [0, 0.05) is 27.5 Å². The molecule has 0 aliphatic heterocycles. The van der Waals surface area contributed by atoms with Crippen molar-refractivity contribution in [1.29, 1.82) is 0 Å². The lowest BCUT2D eigenvalue weighted by Crippen LogP contribution is -2.10. The van der Waals surface area contributed by atoms with Crippen molar-refractivity contribution in [3.63, 3.8) is 0 Å². The standard InChI is InChI=1S/C44H42N4/c1-8-15-31-26-32(42-46-40(29-16-11-9-12-17-29)45-41(47-42)30-18-13-10-14-19-30)20-23-37(31)48-38-24-21-33(43(2,3)4)27-35(38)36-28-34(44(5,6)7)22-25-39(36)48/h8-28H,1-7H3/b15-8+. The molecule has 0 aliphatic carbocycles. The summed E-state index contributed by atoms with van der Waals surface area (Å²) in [7, 11) is 0. The second-order valence-electron chi connectivity index (χ2n) is 14.6. The van der Waals surface area contributed by atoms with E-state index in [9.17, 15) is 0 Å². The first-order valence-electron chi connectivity index (χ1n) is 16.7. The van der Waals surface area contributed by atoms with Gasteiger partial charge in [0.25, 0.3) is 0 Å². The Balaban J connectivity index is 1.45. The molecule has 4 heteroatoms. The highest BCUT2D eigenvalue weighted by atomic mass is 15.0. The van der Waals surface area contributed by atoms with Crippen molar-refractivity contribution in [1.82, 2.24) is 19.5 Å². The molecule has 0 atom stereocenters. The van der Waals surface area contributed by atoms with E-state index in [-0.39, 0.29) is 10.8 Å². The summed E-state index contributed by atoms with van der Waals surface area (Å²) in [5, 5.41) is 2.55. The van der Waals surface area contributed by atoms with E-state index in [1.165, 1.54) is 32.9 Å². The molecule has 4 nitrogen and oxygen atoms in total. The number of fused-ring (bicyclic) bond motifs is 3. The number of hydrogen-bond acceptors (Lipinski definition) is 3. The van der Waals surface area contributed by atoms with Gasteiger partial charge in [0.05, 0.1) is 16.7 Å². The molecule has 7 aromatic rings. The summed E-state index contributed by atoms with van der Waals surface area (Å²) in [6, 6.07) is 40.8. The van der Waals surface area contributed by atoms with Gasteiger partial charge in [-0.25, -0.2) is 15.0 Å². The van der Waals surface area contributed by atoms with Crippen molar-refractivity contribution in [2.75, 3.05) is 0 Å². The molecule has 238 valence electrons. The highest BCUT2D eigenvalue weighted by Gasteiger charge is 2.22. The molecule has 48 heavy (non-hydrogen) atoms. The molecule has 0 saturated carbocycles. The maximum absolute atomic E-state index is 5.01. The minimum Gasteiger partial charge on any atom is -0.309 e. The zero-order valence-corrected chi connectivity index (χ0v) is 28.9. The van der Waals surface area contributed by atoms with Gasteiger partial charge in [-0.1, -0.05) is 126 Å². The lowest BCUT2D eigenvalue weighted by molar-refractivity contribution is 0.590. The van der Waals surface area contributed by atoms with Gasteiger partial charge in [-0.2, -0.15) is 0 Å². The zero-order chi connectivity index (χ0) is 33.6. The average Bonchev–Trinajstić information content (AvgIpc) is 3.41. The molecule has 0 unspecified atom stereocenters. The van der Waals surface area contributed by atoms with Gasteiger partial charge in [-0.05, 0) is 76.9 Å². The smallest absolute Gasteiger partial charge is 0.164 e. The van der Waals surface area contributed by atoms with Crippen LogP contribution in [0, 0.1) is 0 Å².